The summed E-state index contributed by atoms with van der Waals surface area (Å²) in [6.07, 6.45) is 2.16. The summed E-state index contributed by atoms with van der Waals surface area (Å²) < 4.78 is 18.9. The van der Waals surface area contributed by atoms with E-state index in [1.54, 1.807) is 12.1 Å². The third kappa shape index (κ3) is 2.13. The van der Waals surface area contributed by atoms with Gasteiger partial charge in [-0.05, 0) is 37.6 Å². The third-order valence-electron chi connectivity index (χ3n) is 3.14. The van der Waals surface area contributed by atoms with Gasteiger partial charge in [0.1, 0.15) is 11.5 Å². The molecule has 3 rings (SSSR count). The molecule has 0 spiro atoms. The van der Waals surface area contributed by atoms with E-state index in [2.05, 4.69) is 10.5 Å². The Morgan fingerprint density at radius 3 is 3.06 bits per heavy atom. The maximum Gasteiger partial charge on any atom is 0.170 e. The van der Waals surface area contributed by atoms with Crippen molar-refractivity contribution < 1.29 is 8.91 Å². The molecule has 1 N–H and O–H groups in total. The second kappa shape index (κ2) is 4.71. The summed E-state index contributed by atoms with van der Waals surface area (Å²) >= 11 is 5.86. The molecule has 1 atom stereocenters. The van der Waals surface area contributed by atoms with Crippen LogP contribution in [-0.4, -0.2) is 11.7 Å². The van der Waals surface area contributed by atoms with Crippen molar-refractivity contribution in [2.45, 2.75) is 18.9 Å². The Hall–Kier alpha value is -1.39. The van der Waals surface area contributed by atoms with Gasteiger partial charge in [0, 0.05) is 11.1 Å². The Balaban J connectivity index is 1.94. The molecule has 0 bridgehead atoms. The van der Waals surface area contributed by atoms with Gasteiger partial charge in [0.25, 0.3) is 0 Å². The van der Waals surface area contributed by atoms with Gasteiger partial charge in [0.2, 0.25) is 0 Å². The van der Waals surface area contributed by atoms with Gasteiger partial charge in [-0.15, -0.1) is 0 Å². The summed E-state index contributed by atoms with van der Waals surface area (Å²) in [6.45, 7) is 0.985. The first-order valence-electron chi connectivity index (χ1n) is 5.89. The van der Waals surface area contributed by atoms with E-state index in [1.165, 1.54) is 12.1 Å². The molecule has 18 heavy (non-hydrogen) atoms. The lowest BCUT2D eigenvalue weighted by Crippen LogP contribution is -2.12. The van der Waals surface area contributed by atoms with Crippen molar-refractivity contribution in [1.82, 2.24) is 10.5 Å². The number of halogens is 2. The quantitative estimate of drug-likeness (QED) is 0.903. The van der Waals surface area contributed by atoms with Crippen LogP contribution in [0, 0.1) is 5.82 Å². The molecule has 1 unspecified atom stereocenters. The first kappa shape index (κ1) is 11.7. The minimum absolute atomic E-state index is 0.213. The van der Waals surface area contributed by atoms with Gasteiger partial charge in [0.05, 0.1) is 11.6 Å². The van der Waals surface area contributed by atoms with Crippen molar-refractivity contribution in [3.05, 3.63) is 40.8 Å². The molecular formula is C13H12ClFN2O. The molecule has 1 aliphatic rings. The number of rotatable bonds is 2. The zero-order valence-electron chi connectivity index (χ0n) is 9.62. The summed E-state index contributed by atoms with van der Waals surface area (Å²) in [5, 5.41) is 7.79. The van der Waals surface area contributed by atoms with E-state index in [-0.39, 0.29) is 11.9 Å². The summed E-state index contributed by atoms with van der Waals surface area (Å²) in [5.74, 6) is 0.0557. The van der Waals surface area contributed by atoms with Crippen LogP contribution in [0.25, 0.3) is 11.3 Å². The predicted molar refractivity (Wildman–Crippen MR) is 66.9 cm³/mol. The Labute approximate surface area is 109 Å². The molecule has 1 aromatic carbocycles. The maximum absolute atomic E-state index is 13.7. The van der Waals surface area contributed by atoms with Crippen molar-refractivity contribution in [3.63, 3.8) is 0 Å². The molecule has 0 amide bonds. The molecule has 0 aliphatic carbocycles. The predicted octanol–water partition coefficient (Wildman–Crippen LogP) is 3.56. The molecular weight excluding hydrogens is 255 g/mol. The number of nitrogens with zero attached hydrogens (tertiary/aromatic N) is 1. The average molecular weight is 267 g/mol. The van der Waals surface area contributed by atoms with Crippen molar-refractivity contribution in [1.29, 1.82) is 0 Å². The van der Waals surface area contributed by atoms with Crippen LogP contribution in [0.1, 0.15) is 24.6 Å². The van der Waals surface area contributed by atoms with Gasteiger partial charge in [-0.3, -0.25) is 0 Å². The lowest BCUT2D eigenvalue weighted by Gasteiger charge is -2.03. The van der Waals surface area contributed by atoms with Crippen molar-refractivity contribution in [2.75, 3.05) is 6.54 Å². The van der Waals surface area contributed by atoms with Gasteiger partial charge in [-0.1, -0.05) is 16.8 Å². The van der Waals surface area contributed by atoms with Crippen LogP contribution in [-0.2, 0) is 0 Å². The first-order valence-corrected chi connectivity index (χ1v) is 6.27. The Morgan fingerprint density at radius 1 is 1.39 bits per heavy atom. The standard InChI is InChI=1S/C13H12ClFN2O/c14-8-3-4-10(15)9(6-8)13-7-12(17-18-13)11-2-1-5-16-11/h3-4,6-7,11,16H,1-2,5H2. The van der Waals surface area contributed by atoms with Gasteiger partial charge < -0.3 is 9.84 Å². The van der Waals surface area contributed by atoms with E-state index in [0.717, 1.165) is 25.1 Å². The highest BCUT2D eigenvalue weighted by Gasteiger charge is 2.21. The molecule has 94 valence electrons. The minimum atomic E-state index is -0.360. The second-order valence-corrected chi connectivity index (χ2v) is 4.83. The van der Waals surface area contributed by atoms with Crippen LogP contribution in [0.4, 0.5) is 4.39 Å². The van der Waals surface area contributed by atoms with Crippen LogP contribution in [0.2, 0.25) is 5.02 Å². The highest BCUT2D eigenvalue weighted by atomic mass is 35.5. The van der Waals surface area contributed by atoms with Gasteiger partial charge in [-0.2, -0.15) is 0 Å². The van der Waals surface area contributed by atoms with Crippen molar-refractivity contribution in [2.24, 2.45) is 0 Å². The third-order valence-corrected chi connectivity index (χ3v) is 3.37. The fraction of sp³-hybridized carbons (Fsp3) is 0.308. The molecule has 1 aromatic heterocycles. The van der Waals surface area contributed by atoms with E-state index in [0.29, 0.717) is 16.3 Å². The largest absolute Gasteiger partial charge is 0.356 e. The number of nitrogens with one attached hydrogen (secondary N) is 1. The van der Waals surface area contributed by atoms with Crippen LogP contribution in [0.3, 0.4) is 0 Å². The fourth-order valence-corrected chi connectivity index (χ4v) is 2.38. The lowest BCUT2D eigenvalue weighted by molar-refractivity contribution is 0.410. The molecule has 5 heteroatoms. The first-order chi connectivity index (χ1) is 8.74. The summed E-state index contributed by atoms with van der Waals surface area (Å²) in [4.78, 5) is 0. The number of benzene rings is 1. The topological polar surface area (TPSA) is 38.1 Å². The number of hydrogen-bond acceptors (Lipinski definition) is 3. The van der Waals surface area contributed by atoms with E-state index in [1.807, 2.05) is 0 Å². The molecule has 3 nitrogen and oxygen atoms in total. The normalized spacial score (nSPS) is 19.3. The van der Waals surface area contributed by atoms with E-state index in [9.17, 15) is 4.39 Å². The van der Waals surface area contributed by atoms with Gasteiger partial charge >= 0.3 is 0 Å². The summed E-state index contributed by atoms with van der Waals surface area (Å²) in [7, 11) is 0. The summed E-state index contributed by atoms with van der Waals surface area (Å²) in [6, 6.07) is 6.37. The van der Waals surface area contributed by atoms with Crippen molar-refractivity contribution in [3.8, 4) is 11.3 Å². The molecule has 2 heterocycles. The molecule has 1 fully saturated rings. The van der Waals surface area contributed by atoms with E-state index < -0.39 is 0 Å². The van der Waals surface area contributed by atoms with Gasteiger partial charge in [-0.25, -0.2) is 4.39 Å². The van der Waals surface area contributed by atoms with Gasteiger partial charge in [0.15, 0.2) is 5.76 Å². The molecule has 0 radical (unpaired) electrons. The second-order valence-electron chi connectivity index (χ2n) is 4.39. The lowest BCUT2D eigenvalue weighted by atomic mass is 10.1. The number of hydrogen-bond donors (Lipinski definition) is 1. The zero-order chi connectivity index (χ0) is 12.5. The molecule has 2 aromatic rings. The summed E-state index contributed by atoms with van der Waals surface area (Å²) in [5.41, 5.74) is 1.17. The Kier molecular flexibility index (Phi) is 3.06. The molecule has 1 aliphatic heterocycles. The minimum Gasteiger partial charge on any atom is -0.356 e. The molecule has 1 saturated heterocycles. The van der Waals surface area contributed by atoms with Crippen LogP contribution >= 0.6 is 11.6 Å². The highest BCUT2D eigenvalue weighted by molar-refractivity contribution is 6.30. The molecule has 0 saturated carbocycles. The maximum atomic E-state index is 13.7. The Morgan fingerprint density at radius 2 is 2.28 bits per heavy atom. The van der Waals surface area contributed by atoms with Crippen LogP contribution in [0.5, 0.6) is 0 Å². The highest BCUT2D eigenvalue weighted by Crippen LogP contribution is 2.30. The van der Waals surface area contributed by atoms with Crippen molar-refractivity contribution >= 4 is 11.6 Å². The average Bonchev–Trinajstić information content (AvgIpc) is 3.00. The Bertz CT molecular complexity index is 564. The fourth-order valence-electron chi connectivity index (χ4n) is 2.20. The SMILES string of the molecule is Fc1ccc(Cl)cc1-c1cc(C2CCCN2)no1. The monoisotopic (exact) mass is 266 g/mol. The van der Waals surface area contributed by atoms with E-state index in [4.69, 9.17) is 16.1 Å². The van der Waals surface area contributed by atoms with Crippen LogP contribution in [0.15, 0.2) is 28.8 Å². The van der Waals surface area contributed by atoms with Crippen LogP contribution < -0.4 is 5.32 Å². The van der Waals surface area contributed by atoms with E-state index >= 15 is 0 Å². The smallest absolute Gasteiger partial charge is 0.170 e. The zero-order valence-corrected chi connectivity index (χ0v) is 10.4. The number of aromatic nitrogens is 1.